The molecule has 0 bridgehead atoms. The highest BCUT2D eigenvalue weighted by Gasteiger charge is 2.18. The van der Waals surface area contributed by atoms with Crippen LogP contribution in [0.25, 0.3) is 5.57 Å². The Morgan fingerprint density at radius 2 is 1.92 bits per heavy atom. The summed E-state index contributed by atoms with van der Waals surface area (Å²) < 4.78 is 6.70. The Kier molecular flexibility index (Phi) is 5.79. The van der Waals surface area contributed by atoms with Crippen LogP contribution in [0.3, 0.4) is 0 Å². The maximum absolute atomic E-state index is 12.3. The van der Waals surface area contributed by atoms with Gasteiger partial charge in [-0.15, -0.1) is 6.42 Å². The van der Waals surface area contributed by atoms with E-state index in [9.17, 15) is 9.59 Å². The lowest BCUT2D eigenvalue weighted by molar-refractivity contribution is 0.0995. The van der Waals surface area contributed by atoms with Crippen molar-refractivity contribution in [2.24, 2.45) is 0 Å². The standard InChI is InChI=1S/C20H22N2O3/c1-6-8-25-12-22-18(17(7-2)19(23)21-20(22)24)15(5)16-10-13(3)9-14(4)11-16/h1,9-11H,5,7-8,12H2,2-4H3,(H,21,23,24). The van der Waals surface area contributed by atoms with Crippen LogP contribution in [-0.2, 0) is 17.9 Å². The van der Waals surface area contributed by atoms with E-state index in [-0.39, 0.29) is 13.3 Å². The molecule has 0 saturated carbocycles. The number of nitrogens with zero attached hydrogens (tertiary/aromatic N) is 1. The van der Waals surface area contributed by atoms with Crippen molar-refractivity contribution >= 4 is 5.57 Å². The molecule has 1 N–H and O–H groups in total. The first-order valence-electron chi connectivity index (χ1n) is 8.04. The summed E-state index contributed by atoms with van der Waals surface area (Å²) in [5, 5.41) is 0. The number of rotatable bonds is 6. The number of H-pyrrole nitrogens is 1. The van der Waals surface area contributed by atoms with E-state index in [1.54, 1.807) is 0 Å². The highest BCUT2D eigenvalue weighted by Crippen LogP contribution is 2.24. The smallest absolute Gasteiger partial charge is 0.330 e. The predicted molar refractivity (Wildman–Crippen MR) is 99.5 cm³/mol. The maximum Gasteiger partial charge on any atom is 0.330 e. The zero-order valence-corrected chi connectivity index (χ0v) is 14.8. The molecule has 0 radical (unpaired) electrons. The fourth-order valence-electron chi connectivity index (χ4n) is 2.89. The van der Waals surface area contributed by atoms with Crippen LogP contribution in [0, 0.1) is 26.2 Å². The van der Waals surface area contributed by atoms with Gasteiger partial charge in [0, 0.05) is 5.56 Å². The molecule has 0 amide bonds. The summed E-state index contributed by atoms with van der Waals surface area (Å²) in [7, 11) is 0. The van der Waals surface area contributed by atoms with Crippen molar-refractivity contribution in [1.82, 2.24) is 9.55 Å². The van der Waals surface area contributed by atoms with Gasteiger partial charge in [0.2, 0.25) is 0 Å². The fourth-order valence-corrected chi connectivity index (χ4v) is 2.89. The van der Waals surface area contributed by atoms with Crippen molar-refractivity contribution in [2.75, 3.05) is 6.61 Å². The van der Waals surface area contributed by atoms with Crippen LogP contribution in [0.1, 0.15) is 34.9 Å². The summed E-state index contributed by atoms with van der Waals surface area (Å²) >= 11 is 0. The molecule has 25 heavy (non-hydrogen) atoms. The molecule has 2 aromatic rings. The maximum atomic E-state index is 12.3. The molecular formula is C20H22N2O3. The van der Waals surface area contributed by atoms with Crippen molar-refractivity contribution in [3.8, 4) is 12.3 Å². The third kappa shape index (κ3) is 3.98. The summed E-state index contributed by atoms with van der Waals surface area (Å²) in [6.07, 6.45) is 5.66. The molecule has 0 spiro atoms. The lowest BCUT2D eigenvalue weighted by Gasteiger charge is -2.18. The molecule has 5 nitrogen and oxygen atoms in total. The summed E-state index contributed by atoms with van der Waals surface area (Å²) in [6, 6.07) is 6.01. The number of nitrogens with one attached hydrogen (secondary N) is 1. The van der Waals surface area contributed by atoms with Crippen molar-refractivity contribution in [2.45, 2.75) is 33.9 Å². The Morgan fingerprint density at radius 1 is 1.28 bits per heavy atom. The highest BCUT2D eigenvalue weighted by molar-refractivity contribution is 5.78. The highest BCUT2D eigenvalue weighted by atomic mass is 16.5. The molecule has 0 aliphatic carbocycles. The molecule has 2 rings (SSSR count). The zero-order chi connectivity index (χ0) is 18.6. The number of aromatic nitrogens is 2. The van der Waals surface area contributed by atoms with E-state index >= 15 is 0 Å². The van der Waals surface area contributed by atoms with E-state index in [2.05, 4.69) is 23.5 Å². The first-order chi connectivity index (χ1) is 11.9. The second kappa shape index (κ2) is 7.82. The van der Waals surface area contributed by atoms with E-state index in [1.165, 1.54) is 4.57 Å². The Bertz CT molecular complexity index is 938. The van der Waals surface area contributed by atoms with E-state index in [4.69, 9.17) is 11.2 Å². The molecule has 130 valence electrons. The minimum Gasteiger partial charge on any atom is -0.348 e. The summed E-state index contributed by atoms with van der Waals surface area (Å²) in [4.78, 5) is 26.9. The Hall–Kier alpha value is -2.84. The van der Waals surface area contributed by atoms with E-state index < -0.39 is 11.2 Å². The molecule has 0 unspecified atom stereocenters. The van der Waals surface area contributed by atoms with E-state index in [0.29, 0.717) is 23.3 Å². The van der Waals surface area contributed by atoms with Gasteiger partial charge in [0.25, 0.3) is 5.56 Å². The minimum absolute atomic E-state index is 0.0496. The Morgan fingerprint density at radius 3 is 2.48 bits per heavy atom. The van der Waals surface area contributed by atoms with Gasteiger partial charge in [-0.05, 0) is 31.4 Å². The third-order valence-corrected chi connectivity index (χ3v) is 3.91. The number of terminal acetylenes is 1. The second-order valence-corrected chi connectivity index (χ2v) is 5.90. The monoisotopic (exact) mass is 338 g/mol. The fraction of sp³-hybridized carbons (Fsp3) is 0.300. The molecule has 0 aliphatic heterocycles. The molecule has 1 aromatic carbocycles. The number of hydrogen-bond donors (Lipinski definition) is 1. The molecule has 1 heterocycles. The number of aryl methyl sites for hydroxylation is 2. The Balaban J connectivity index is 2.68. The van der Waals surface area contributed by atoms with Crippen LogP contribution in [-0.4, -0.2) is 16.2 Å². The largest absolute Gasteiger partial charge is 0.348 e. The van der Waals surface area contributed by atoms with Gasteiger partial charge >= 0.3 is 5.69 Å². The van der Waals surface area contributed by atoms with Crippen LogP contribution in [0.4, 0.5) is 0 Å². The van der Waals surface area contributed by atoms with Crippen molar-refractivity contribution in [3.05, 3.63) is 73.6 Å². The summed E-state index contributed by atoms with van der Waals surface area (Å²) in [5.41, 5.74) is 3.67. The van der Waals surface area contributed by atoms with Gasteiger partial charge in [0.05, 0.1) is 5.69 Å². The normalized spacial score (nSPS) is 10.5. The number of aromatic amines is 1. The zero-order valence-electron chi connectivity index (χ0n) is 14.8. The number of ether oxygens (including phenoxy) is 1. The number of hydrogen-bond acceptors (Lipinski definition) is 3. The SMILES string of the molecule is C#CCOCn1c(C(=C)c2cc(C)cc(C)c2)c(CC)c(=O)[nH]c1=O. The van der Waals surface area contributed by atoms with Gasteiger partial charge in [0.15, 0.2) is 0 Å². The number of benzene rings is 1. The van der Waals surface area contributed by atoms with Crippen LogP contribution in [0.2, 0.25) is 0 Å². The second-order valence-electron chi connectivity index (χ2n) is 5.90. The topological polar surface area (TPSA) is 64.1 Å². The van der Waals surface area contributed by atoms with Crippen LogP contribution in [0.5, 0.6) is 0 Å². The average Bonchev–Trinajstić information content (AvgIpc) is 2.55. The van der Waals surface area contributed by atoms with Crippen LogP contribution in [0.15, 0.2) is 34.4 Å². The lowest BCUT2D eigenvalue weighted by atomic mass is 9.96. The van der Waals surface area contributed by atoms with Gasteiger partial charge in [-0.2, -0.15) is 0 Å². The molecule has 0 fully saturated rings. The quantitative estimate of drug-likeness (QED) is 0.650. The predicted octanol–water partition coefficient (Wildman–Crippen LogP) is 2.38. The van der Waals surface area contributed by atoms with E-state index in [0.717, 1.165) is 16.7 Å². The van der Waals surface area contributed by atoms with Gasteiger partial charge in [-0.3, -0.25) is 14.3 Å². The van der Waals surface area contributed by atoms with Crippen molar-refractivity contribution in [1.29, 1.82) is 0 Å². The average molecular weight is 338 g/mol. The van der Waals surface area contributed by atoms with Gasteiger partial charge in [-0.25, -0.2) is 4.79 Å². The van der Waals surface area contributed by atoms with Gasteiger partial charge in [-0.1, -0.05) is 48.7 Å². The lowest BCUT2D eigenvalue weighted by Crippen LogP contribution is -2.36. The Labute approximate surface area is 147 Å². The molecule has 0 atom stereocenters. The minimum atomic E-state index is -0.542. The van der Waals surface area contributed by atoms with Crippen molar-refractivity contribution in [3.63, 3.8) is 0 Å². The first-order valence-corrected chi connectivity index (χ1v) is 8.04. The van der Waals surface area contributed by atoms with Gasteiger partial charge in [0.1, 0.15) is 13.3 Å². The molecule has 1 aromatic heterocycles. The van der Waals surface area contributed by atoms with E-state index in [1.807, 2.05) is 32.9 Å². The summed E-state index contributed by atoms with van der Waals surface area (Å²) in [6.45, 7) is 10.0. The van der Waals surface area contributed by atoms with Crippen molar-refractivity contribution < 1.29 is 4.74 Å². The molecule has 0 aliphatic rings. The first kappa shape index (κ1) is 18.5. The molecular weight excluding hydrogens is 316 g/mol. The van der Waals surface area contributed by atoms with Crippen LogP contribution >= 0.6 is 0 Å². The third-order valence-electron chi connectivity index (χ3n) is 3.91. The molecule has 0 saturated heterocycles. The van der Waals surface area contributed by atoms with Crippen LogP contribution < -0.4 is 11.2 Å². The van der Waals surface area contributed by atoms with Gasteiger partial charge < -0.3 is 4.74 Å². The molecule has 5 heteroatoms. The summed E-state index contributed by atoms with van der Waals surface area (Å²) in [5.74, 6) is 2.36.